The van der Waals surface area contributed by atoms with E-state index < -0.39 is 0 Å². The normalized spacial score (nSPS) is 15.4. The van der Waals surface area contributed by atoms with Crippen LogP contribution in [0.2, 0.25) is 0 Å². The third kappa shape index (κ3) is 13.6. The zero-order valence-electron chi connectivity index (χ0n) is 29.9. The number of hydrogen-bond donors (Lipinski definition) is 0. The van der Waals surface area contributed by atoms with Gasteiger partial charge in [0.1, 0.15) is 0 Å². The molecule has 1 heterocycles. The van der Waals surface area contributed by atoms with Gasteiger partial charge in [0.2, 0.25) is 0 Å². The average molecular weight is 628 g/mol. The van der Waals surface area contributed by atoms with Gasteiger partial charge in [0.25, 0.3) is 5.91 Å². The Labute approximate surface area is 281 Å². The van der Waals surface area contributed by atoms with E-state index in [0.29, 0.717) is 0 Å². The number of carbonyl (C=O) groups is 1. The Kier molecular flexibility index (Phi) is 18.8. The molecule has 0 saturated carbocycles. The number of benzene rings is 3. The summed E-state index contributed by atoms with van der Waals surface area (Å²) in [5.41, 5.74) is 5.65. The minimum atomic E-state index is 0.0594. The molecule has 252 valence electrons. The fourth-order valence-corrected chi connectivity index (χ4v) is 5.81. The smallest absolute Gasteiger partial charge is 0.253 e. The maximum Gasteiger partial charge on any atom is 0.253 e. The van der Waals surface area contributed by atoms with E-state index in [1.54, 1.807) is 0 Å². The van der Waals surface area contributed by atoms with E-state index in [1.807, 2.05) is 69.3 Å². The lowest BCUT2D eigenvalue weighted by Crippen LogP contribution is -2.38. The number of aliphatic imine (C=N–C) groups is 1. The molecule has 0 bridgehead atoms. The number of aryl methyl sites for hydroxylation is 1. The maximum absolute atomic E-state index is 13.1. The van der Waals surface area contributed by atoms with Crippen molar-refractivity contribution in [1.29, 1.82) is 0 Å². The second kappa shape index (κ2) is 22.3. The van der Waals surface area contributed by atoms with Crippen molar-refractivity contribution in [2.24, 2.45) is 4.99 Å². The van der Waals surface area contributed by atoms with Gasteiger partial charge in [-0.05, 0) is 109 Å². The zero-order chi connectivity index (χ0) is 33.6. The van der Waals surface area contributed by atoms with Gasteiger partial charge in [-0.15, -0.1) is 0 Å². The number of ether oxygens (including phenoxy) is 1. The van der Waals surface area contributed by atoms with Crippen LogP contribution in [0.1, 0.15) is 102 Å². The number of hydrogen-bond acceptors (Lipinski definition) is 4. The van der Waals surface area contributed by atoms with Gasteiger partial charge in [-0.3, -0.25) is 9.79 Å². The first-order chi connectivity index (χ1) is 22.3. The van der Waals surface area contributed by atoms with E-state index in [1.165, 1.54) is 36.9 Å². The van der Waals surface area contributed by atoms with Crippen LogP contribution < -0.4 is 0 Å². The van der Waals surface area contributed by atoms with Crippen molar-refractivity contribution in [2.45, 2.75) is 92.4 Å². The standard InChI is InChI=1S/C26H36N2O.C10H13N.C5H12O/c1-3-5-19-27(18-4-2)20-16-26(24-14-10-7-11-15-24)17-21-28(22-26)25(29)23-12-8-6-9-13-23;1-8(2)11-10-7-5-4-6-9(10)3;1-3-5-6-4-2/h6-15H,3-5,16-22H2,1-2H3;4-7H,1-3H3;3-5H2,1-2H3. The zero-order valence-corrected chi connectivity index (χ0v) is 29.9. The first kappa shape index (κ1) is 38.9. The van der Waals surface area contributed by atoms with Gasteiger partial charge in [0.15, 0.2) is 0 Å². The molecule has 1 atom stereocenters. The number of para-hydroxylation sites is 1. The Morgan fingerprint density at radius 2 is 1.48 bits per heavy atom. The topological polar surface area (TPSA) is 45.1 Å². The summed E-state index contributed by atoms with van der Waals surface area (Å²) in [6, 6.07) is 28.7. The van der Waals surface area contributed by atoms with Crippen molar-refractivity contribution in [2.75, 3.05) is 45.9 Å². The monoisotopic (exact) mass is 627 g/mol. The average Bonchev–Trinajstić information content (AvgIpc) is 3.52. The molecule has 46 heavy (non-hydrogen) atoms. The summed E-state index contributed by atoms with van der Waals surface area (Å²) >= 11 is 0. The molecule has 1 amide bonds. The van der Waals surface area contributed by atoms with Gasteiger partial charge in [-0.1, -0.05) is 93.9 Å². The highest BCUT2D eigenvalue weighted by Crippen LogP contribution is 2.38. The number of carbonyl (C=O) groups excluding carboxylic acids is 1. The van der Waals surface area contributed by atoms with Gasteiger partial charge in [-0.25, -0.2) is 0 Å². The Hall–Kier alpha value is -3.28. The molecule has 1 aliphatic rings. The van der Waals surface area contributed by atoms with Gasteiger partial charge < -0.3 is 14.5 Å². The molecule has 3 aromatic rings. The fourth-order valence-electron chi connectivity index (χ4n) is 5.81. The number of rotatable bonds is 14. The van der Waals surface area contributed by atoms with Crippen LogP contribution in [0.4, 0.5) is 5.69 Å². The molecule has 0 aliphatic carbocycles. The van der Waals surface area contributed by atoms with Gasteiger partial charge >= 0.3 is 0 Å². The third-order valence-electron chi connectivity index (χ3n) is 8.33. The number of unbranched alkanes of at least 4 members (excludes halogenated alkanes) is 1. The fraction of sp³-hybridized carbons (Fsp3) is 0.512. The van der Waals surface area contributed by atoms with Gasteiger partial charge in [0.05, 0.1) is 5.69 Å². The van der Waals surface area contributed by atoms with Gasteiger partial charge in [0, 0.05) is 43.0 Å². The molecule has 1 unspecified atom stereocenters. The first-order valence-electron chi connectivity index (χ1n) is 17.6. The highest BCUT2D eigenvalue weighted by molar-refractivity contribution is 5.94. The molecule has 0 spiro atoms. The largest absolute Gasteiger partial charge is 0.382 e. The van der Waals surface area contributed by atoms with Crippen molar-refractivity contribution in [1.82, 2.24) is 9.80 Å². The Morgan fingerprint density at radius 3 is 2.04 bits per heavy atom. The van der Waals surface area contributed by atoms with Crippen LogP contribution in [0, 0.1) is 6.92 Å². The molecule has 4 rings (SSSR count). The molecule has 5 nitrogen and oxygen atoms in total. The molecule has 0 N–H and O–H groups in total. The predicted molar refractivity (Wildman–Crippen MR) is 198 cm³/mol. The van der Waals surface area contributed by atoms with Crippen molar-refractivity contribution in [3.05, 3.63) is 102 Å². The third-order valence-corrected chi connectivity index (χ3v) is 8.33. The van der Waals surface area contributed by atoms with E-state index in [2.05, 4.69) is 78.9 Å². The molecular formula is C41H61N3O2. The minimum Gasteiger partial charge on any atom is -0.382 e. The molecule has 5 heteroatoms. The Balaban J connectivity index is 0.000000355. The van der Waals surface area contributed by atoms with Crippen molar-refractivity contribution < 1.29 is 9.53 Å². The van der Waals surface area contributed by atoms with Crippen LogP contribution in [0.5, 0.6) is 0 Å². The van der Waals surface area contributed by atoms with Crippen molar-refractivity contribution >= 4 is 17.3 Å². The van der Waals surface area contributed by atoms with Crippen LogP contribution >= 0.6 is 0 Å². The second-order valence-electron chi connectivity index (χ2n) is 12.5. The van der Waals surface area contributed by atoms with Crippen LogP contribution in [0.25, 0.3) is 0 Å². The maximum atomic E-state index is 13.1. The van der Waals surface area contributed by atoms with Crippen LogP contribution in [-0.2, 0) is 10.2 Å². The summed E-state index contributed by atoms with van der Waals surface area (Å²) in [5, 5.41) is 0. The molecule has 1 saturated heterocycles. The van der Waals surface area contributed by atoms with Crippen LogP contribution in [-0.4, -0.2) is 67.4 Å². The predicted octanol–water partition coefficient (Wildman–Crippen LogP) is 9.91. The summed E-state index contributed by atoms with van der Waals surface area (Å²) in [7, 11) is 0. The van der Waals surface area contributed by atoms with E-state index in [0.717, 1.165) is 75.6 Å². The quantitative estimate of drug-likeness (QED) is 0.132. The molecular weight excluding hydrogens is 566 g/mol. The van der Waals surface area contributed by atoms with E-state index in [4.69, 9.17) is 4.74 Å². The van der Waals surface area contributed by atoms with Crippen molar-refractivity contribution in [3.8, 4) is 0 Å². The number of nitrogens with zero attached hydrogens (tertiary/aromatic N) is 3. The summed E-state index contributed by atoms with van der Waals surface area (Å²) in [6.07, 6.45) is 6.98. The lowest BCUT2D eigenvalue weighted by molar-refractivity contribution is 0.0780. The lowest BCUT2D eigenvalue weighted by atomic mass is 9.76. The molecule has 0 aromatic heterocycles. The second-order valence-corrected chi connectivity index (χ2v) is 12.5. The number of amides is 1. The highest BCUT2D eigenvalue weighted by atomic mass is 16.5. The highest BCUT2D eigenvalue weighted by Gasteiger charge is 2.41. The SMILES string of the molecule is CC(C)=Nc1ccccc1C.CCCCN(CCC)CCC1(c2ccccc2)CCN(C(=O)c2ccccc2)C1.CCCOCC. The van der Waals surface area contributed by atoms with Gasteiger partial charge in [-0.2, -0.15) is 0 Å². The van der Waals surface area contributed by atoms with E-state index >= 15 is 0 Å². The first-order valence-corrected chi connectivity index (χ1v) is 17.6. The van der Waals surface area contributed by atoms with E-state index in [-0.39, 0.29) is 11.3 Å². The molecule has 1 fully saturated rings. The van der Waals surface area contributed by atoms with Crippen LogP contribution in [0.3, 0.4) is 0 Å². The molecule has 3 aromatic carbocycles. The Bertz CT molecular complexity index is 1250. The summed E-state index contributed by atoms with van der Waals surface area (Å²) < 4.78 is 4.98. The minimum absolute atomic E-state index is 0.0594. The summed E-state index contributed by atoms with van der Waals surface area (Å²) in [4.78, 5) is 22.1. The lowest BCUT2D eigenvalue weighted by Gasteiger charge is -2.33. The Morgan fingerprint density at radius 1 is 0.826 bits per heavy atom. The summed E-state index contributed by atoms with van der Waals surface area (Å²) in [5.74, 6) is 0.166. The van der Waals surface area contributed by atoms with Crippen molar-refractivity contribution in [3.63, 3.8) is 0 Å². The molecule has 0 radical (unpaired) electrons. The molecule has 1 aliphatic heterocycles. The van der Waals surface area contributed by atoms with Crippen LogP contribution in [0.15, 0.2) is 89.9 Å². The summed E-state index contributed by atoms with van der Waals surface area (Å²) in [6.45, 7) is 21.6. The van der Waals surface area contributed by atoms with E-state index in [9.17, 15) is 4.79 Å². The number of likely N-dealkylation sites (tertiary alicyclic amines) is 1.